The molecule has 7 nitrogen and oxygen atoms in total. The Labute approximate surface area is 139 Å². The fraction of sp³-hybridized carbons (Fsp3) is 0.235. The van der Waals surface area contributed by atoms with Gasteiger partial charge in [0.25, 0.3) is 5.91 Å². The summed E-state index contributed by atoms with van der Waals surface area (Å²) in [5.41, 5.74) is 2.77. The maximum Gasteiger partial charge on any atom is 0.276 e. The number of hydrogen-bond acceptors (Lipinski definition) is 5. The lowest BCUT2D eigenvalue weighted by Crippen LogP contribution is -2.14. The van der Waals surface area contributed by atoms with Gasteiger partial charge in [-0.1, -0.05) is 6.07 Å². The lowest BCUT2D eigenvalue weighted by molar-refractivity contribution is 0.102. The molecule has 0 fully saturated rings. The molecule has 0 spiro atoms. The summed E-state index contributed by atoms with van der Waals surface area (Å²) in [5, 5.41) is 11.1. The van der Waals surface area contributed by atoms with E-state index in [1.54, 1.807) is 25.4 Å². The Kier molecular flexibility index (Phi) is 4.43. The van der Waals surface area contributed by atoms with Gasteiger partial charge in [0, 0.05) is 12.7 Å². The highest BCUT2D eigenvalue weighted by molar-refractivity contribution is 6.04. The van der Waals surface area contributed by atoms with E-state index < -0.39 is 0 Å². The van der Waals surface area contributed by atoms with Crippen LogP contribution in [0.1, 0.15) is 16.1 Å². The van der Waals surface area contributed by atoms with E-state index in [1.165, 1.54) is 4.63 Å². The molecule has 3 aromatic rings. The van der Waals surface area contributed by atoms with Crippen LogP contribution in [-0.2, 0) is 6.54 Å². The van der Waals surface area contributed by atoms with Crippen molar-refractivity contribution in [2.75, 3.05) is 26.5 Å². The second-order valence-electron chi connectivity index (χ2n) is 5.69. The van der Waals surface area contributed by atoms with Crippen molar-refractivity contribution >= 4 is 17.1 Å². The Morgan fingerprint density at radius 3 is 2.83 bits per heavy atom. The molecule has 1 amide bonds. The van der Waals surface area contributed by atoms with E-state index in [0.717, 1.165) is 17.6 Å². The van der Waals surface area contributed by atoms with E-state index in [4.69, 9.17) is 4.74 Å². The molecule has 24 heavy (non-hydrogen) atoms. The van der Waals surface area contributed by atoms with Crippen LogP contribution < -0.4 is 10.1 Å². The molecule has 0 bridgehead atoms. The van der Waals surface area contributed by atoms with E-state index in [0.29, 0.717) is 17.1 Å². The summed E-state index contributed by atoms with van der Waals surface area (Å²) >= 11 is 0. The maximum absolute atomic E-state index is 12.4. The number of anilines is 1. The molecule has 124 valence electrons. The van der Waals surface area contributed by atoms with Crippen molar-refractivity contribution in [1.29, 1.82) is 0 Å². The molecule has 1 aromatic carbocycles. The molecule has 0 saturated heterocycles. The third kappa shape index (κ3) is 3.36. The van der Waals surface area contributed by atoms with Crippen molar-refractivity contribution in [2.24, 2.45) is 0 Å². The van der Waals surface area contributed by atoms with Crippen LogP contribution in [0.4, 0.5) is 5.69 Å². The minimum absolute atomic E-state index is 0.299. The molecule has 0 unspecified atom stereocenters. The summed E-state index contributed by atoms with van der Waals surface area (Å²) < 4.78 is 6.81. The standard InChI is InChI=1S/C17H19N5O2/c1-21(2)11-12-6-7-14(16(9-12)24-3)19-17(23)15-10-13-5-4-8-18-22(13)20-15/h4-10H,11H2,1-3H3,(H,19,23). The van der Waals surface area contributed by atoms with Crippen LogP contribution in [-0.4, -0.2) is 46.8 Å². The van der Waals surface area contributed by atoms with E-state index >= 15 is 0 Å². The predicted molar refractivity (Wildman–Crippen MR) is 91.3 cm³/mol. The monoisotopic (exact) mass is 325 g/mol. The van der Waals surface area contributed by atoms with Gasteiger partial charge in [-0.25, -0.2) is 0 Å². The fourth-order valence-corrected chi connectivity index (χ4v) is 2.44. The van der Waals surface area contributed by atoms with E-state index in [2.05, 4.69) is 20.4 Å². The molecule has 0 atom stereocenters. The van der Waals surface area contributed by atoms with Crippen LogP contribution >= 0.6 is 0 Å². The Morgan fingerprint density at radius 1 is 1.29 bits per heavy atom. The molecule has 0 radical (unpaired) electrons. The first-order valence-electron chi connectivity index (χ1n) is 7.51. The number of aromatic nitrogens is 3. The molecule has 0 aliphatic carbocycles. The Balaban J connectivity index is 1.82. The average molecular weight is 325 g/mol. The highest BCUT2D eigenvalue weighted by Crippen LogP contribution is 2.26. The number of nitrogens with zero attached hydrogens (tertiary/aromatic N) is 4. The van der Waals surface area contributed by atoms with Crippen molar-refractivity contribution in [3.05, 3.63) is 53.9 Å². The first-order valence-corrected chi connectivity index (χ1v) is 7.51. The molecular weight excluding hydrogens is 306 g/mol. The number of carbonyl (C=O) groups excluding carboxylic acids is 1. The van der Waals surface area contributed by atoms with Gasteiger partial charge >= 0.3 is 0 Å². The Bertz CT molecular complexity index is 839. The van der Waals surface area contributed by atoms with Crippen molar-refractivity contribution < 1.29 is 9.53 Å². The molecule has 2 aromatic heterocycles. The van der Waals surface area contributed by atoms with Gasteiger partial charge in [0.1, 0.15) is 5.75 Å². The third-order valence-corrected chi connectivity index (χ3v) is 3.49. The topological polar surface area (TPSA) is 71.8 Å². The summed E-state index contributed by atoms with van der Waals surface area (Å²) in [6.07, 6.45) is 1.62. The zero-order valence-corrected chi connectivity index (χ0v) is 13.9. The van der Waals surface area contributed by atoms with Gasteiger partial charge in [-0.2, -0.15) is 9.73 Å². The molecular formula is C17H19N5O2. The SMILES string of the molecule is COc1cc(CN(C)C)ccc1NC(=O)c1cc2cccnn2n1. The molecule has 0 aliphatic rings. The van der Waals surface area contributed by atoms with Crippen LogP contribution in [0.2, 0.25) is 0 Å². The van der Waals surface area contributed by atoms with Gasteiger partial charge in [-0.15, -0.1) is 5.10 Å². The van der Waals surface area contributed by atoms with Crippen molar-refractivity contribution in [3.63, 3.8) is 0 Å². The van der Waals surface area contributed by atoms with Crippen LogP contribution in [0, 0.1) is 0 Å². The van der Waals surface area contributed by atoms with Crippen LogP contribution in [0.25, 0.3) is 5.52 Å². The summed E-state index contributed by atoms with van der Waals surface area (Å²) in [6.45, 7) is 0.794. The van der Waals surface area contributed by atoms with Crippen LogP contribution in [0.5, 0.6) is 5.75 Å². The molecule has 3 rings (SSSR count). The number of amides is 1. The molecule has 1 N–H and O–H groups in total. The normalized spacial score (nSPS) is 11.0. The second kappa shape index (κ2) is 6.67. The molecule has 0 saturated carbocycles. The third-order valence-electron chi connectivity index (χ3n) is 3.49. The van der Waals surface area contributed by atoms with E-state index in [9.17, 15) is 4.79 Å². The summed E-state index contributed by atoms with van der Waals surface area (Å²) in [5.74, 6) is 0.309. The van der Waals surface area contributed by atoms with E-state index in [-0.39, 0.29) is 5.91 Å². The summed E-state index contributed by atoms with van der Waals surface area (Å²) in [4.78, 5) is 14.5. The van der Waals surface area contributed by atoms with Gasteiger partial charge in [0.2, 0.25) is 0 Å². The Morgan fingerprint density at radius 2 is 2.12 bits per heavy atom. The minimum atomic E-state index is -0.306. The average Bonchev–Trinajstić information content (AvgIpc) is 3.00. The lowest BCUT2D eigenvalue weighted by atomic mass is 10.1. The van der Waals surface area contributed by atoms with Gasteiger partial charge in [0.05, 0.1) is 18.3 Å². The van der Waals surface area contributed by atoms with Crippen LogP contribution in [0.15, 0.2) is 42.6 Å². The molecule has 0 aliphatic heterocycles. The van der Waals surface area contributed by atoms with Crippen molar-refractivity contribution in [2.45, 2.75) is 6.54 Å². The number of fused-ring (bicyclic) bond motifs is 1. The lowest BCUT2D eigenvalue weighted by Gasteiger charge is -2.14. The fourth-order valence-electron chi connectivity index (χ4n) is 2.44. The van der Waals surface area contributed by atoms with Gasteiger partial charge in [0.15, 0.2) is 5.69 Å². The second-order valence-corrected chi connectivity index (χ2v) is 5.69. The Hall–Kier alpha value is -2.93. The maximum atomic E-state index is 12.4. The largest absolute Gasteiger partial charge is 0.495 e. The number of hydrogen-bond donors (Lipinski definition) is 1. The summed E-state index contributed by atoms with van der Waals surface area (Å²) in [7, 11) is 5.58. The predicted octanol–water partition coefficient (Wildman–Crippen LogP) is 2.05. The van der Waals surface area contributed by atoms with Crippen molar-refractivity contribution in [3.8, 4) is 5.75 Å². The quantitative estimate of drug-likeness (QED) is 0.777. The highest BCUT2D eigenvalue weighted by Gasteiger charge is 2.14. The van der Waals surface area contributed by atoms with Crippen LogP contribution in [0.3, 0.4) is 0 Å². The summed E-state index contributed by atoms with van der Waals surface area (Å²) in [6, 6.07) is 11.0. The zero-order valence-electron chi connectivity index (χ0n) is 13.9. The first kappa shape index (κ1) is 15.9. The smallest absolute Gasteiger partial charge is 0.276 e. The van der Waals surface area contributed by atoms with Gasteiger partial charge in [-0.3, -0.25) is 4.79 Å². The zero-order chi connectivity index (χ0) is 17.1. The molecule has 7 heteroatoms. The van der Waals surface area contributed by atoms with Gasteiger partial charge < -0.3 is 15.0 Å². The van der Waals surface area contributed by atoms with Crippen molar-refractivity contribution in [1.82, 2.24) is 19.7 Å². The van der Waals surface area contributed by atoms with E-state index in [1.807, 2.05) is 38.4 Å². The number of ether oxygens (including phenoxy) is 1. The number of carbonyl (C=O) groups is 1. The van der Waals surface area contributed by atoms with Gasteiger partial charge in [-0.05, 0) is 50.0 Å². The molecule has 2 heterocycles. The highest BCUT2D eigenvalue weighted by atomic mass is 16.5. The number of nitrogens with one attached hydrogen (secondary N) is 1. The first-order chi connectivity index (χ1) is 11.6. The number of benzene rings is 1. The number of rotatable bonds is 5. The number of methoxy groups -OCH3 is 1. The minimum Gasteiger partial charge on any atom is -0.495 e.